The second kappa shape index (κ2) is 24.7. The fourth-order valence-corrected chi connectivity index (χ4v) is 9.09. The summed E-state index contributed by atoms with van der Waals surface area (Å²) in [5.41, 5.74) is 6.79. The van der Waals surface area contributed by atoms with Crippen molar-refractivity contribution in [2.75, 3.05) is 32.8 Å². The van der Waals surface area contributed by atoms with Crippen LogP contribution in [0, 0.1) is 6.92 Å². The number of rotatable bonds is 13. The minimum atomic E-state index is -1.15. The molecule has 0 radical (unpaired) electrons. The molecular formula is C56H80ClN11O7Si. The van der Waals surface area contributed by atoms with Gasteiger partial charge >= 0.3 is 12.2 Å². The summed E-state index contributed by atoms with van der Waals surface area (Å²) in [5.74, 6) is 1.77. The zero-order valence-corrected chi connectivity index (χ0v) is 48.4. The number of fused-ring (bicyclic) bond motifs is 2. The van der Waals surface area contributed by atoms with Crippen LogP contribution in [0.3, 0.4) is 0 Å². The minimum absolute atomic E-state index is 0.0374. The van der Waals surface area contributed by atoms with E-state index in [1.54, 1.807) is 12.4 Å². The first-order valence-electron chi connectivity index (χ1n) is 26.6. The zero-order valence-electron chi connectivity index (χ0n) is 46.7. The summed E-state index contributed by atoms with van der Waals surface area (Å²) in [6, 6.07) is 17.6. The summed E-state index contributed by atoms with van der Waals surface area (Å²) < 4.78 is 30.3. The maximum Gasteiger partial charge on any atom is 0.407 e. The number of aromatic nitrogens is 6. The number of ether oxygens (including phenoxy) is 5. The zero-order chi connectivity index (χ0) is 54.9. The molecule has 0 unspecified atom stereocenters. The number of hydrogen-bond donors (Lipinski definition) is 4. The molecular weight excluding hydrogens is 1000 g/mol. The molecule has 2 aromatic carbocycles. The molecule has 76 heavy (non-hydrogen) atoms. The van der Waals surface area contributed by atoms with Gasteiger partial charge in [-0.1, -0.05) is 37.3 Å². The van der Waals surface area contributed by atoms with Crippen molar-refractivity contribution < 1.29 is 33.3 Å². The molecule has 3 aromatic heterocycles. The monoisotopic (exact) mass is 1080 g/mol. The number of carbonyl (C=O) groups excluding carboxylic acids is 2. The Bertz CT molecular complexity index is 2760. The molecule has 2 amide bonds. The van der Waals surface area contributed by atoms with Crippen molar-refractivity contribution in [2.45, 2.75) is 174 Å². The minimum Gasteiger partial charge on any atom is -0.488 e. The maximum absolute atomic E-state index is 11.3. The Morgan fingerprint density at radius 3 is 1.86 bits per heavy atom. The molecule has 2 saturated carbocycles. The molecule has 412 valence electrons. The smallest absolute Gasteiger partial charge is 0.407 e. The molecule has 18 nitrogen and oxygen atoms in total. The van der Waals surface area contributed by atoms with E-state index in [0.717, 1.165) is 134 Å². The van der Waals surface area contributed by atoms with Crippen LogP contribution in [-0.4, -0.2) is 123 Å². The van der Waals surface area contributed by atoms with Gasteiger partial charge in [0.15, 0.2) is 0 Å². The number of carbonyl (C=O) groups is 2. The molecule has 0 bridgehead atoms. The summed E-state index contributed by atoms with van der Waals surface area (Å²) in [4.78, 5) is 44.1. The van der Waals surface area contributed by atoms with Crippen LogP contribution in [0.2, 0.25) is 30.8 Å². The third-order valence-electron chi connectivity index (χ3n) is 12.8. The van der Waals surface area contributed by atoms with Gasteiger partial charge in [0.25, 0.3) is 0 Å². The van der Waals surface area contributed by atoms with Gasteiger partial charge < -0.3 is 45.0 Å². The van der Waals surface area contributed by atoms with Gasteiger partial charge in [0.05, 0.1) is 34.9 Å². The quantitative estimate of drug-likeness (QED) is 0.0491. The van der Waals surface area contributed by atoms with E-state index in [0.29, 0.717) is 18.4 Å². The molecule has 10 rings (SSSR count). The van der Waals surface area contributed by atoms with Crippen LogP contribution >= 0.6 is 11.6 Å². The van der Waals surface area contributed by atoms with E-state index in [4.69, 9.17) is 40.4 Å². The third kappa shape index (κ3) is 18.5. The first kappa shape index (κ1) is 58.0. The van der Waals surface area contributed by atoms with Gasteiger partial charge in [-0.25, -0.2) is 34.2 Å². The van der Waals surface area contributed by atoms with E-state index in [1.807, 2.05) is 83.5 Å². The van der Waals surface area contributed by atoms with Crippen molar-refractivity contribution in [3.63, 3.8) is 0 Å². The number of aliphatic imine (C=N–C) groups is 1. The van der Waals surface area contributed by atoms with Crippen LogP contribution < -0.4 is 30.7 Å². The molecule has 2 atom stereocenters. The van der Waals surface area contributed by atoms with Crippen LogP contribution in [0.4, 0.5) is 9.59 Å². The summed E-state index contributed by atoms with van der Waals surface area (Å²) in [5, 5.41) is 18.1. The lowest BCUT2D eigenvalue weighted by Crippen LogP contribution is -2.40. The highest BCUT2D eigenvalue weighted by atomic mass is 35.5. The number of benzene rings is 2. The second-order valence-corrected chi connectivity index (χ2v) is 29.9. The number of halogens is 1. The number of hydrogen-bond acceptors (Lipinski definition) is 15. The number of nitrogens with one attached hydrogen (secondary N) is 4. The van der Waals surface area contributed by atoms with E-state index < -0.39 is 19.3 Å². The fourth-order valence-electron chi connectivity index (χ4n) is 8.19. The third-order valence-corrected chi connectivity index (χ3v) is 14.7. The van der Waals surface area contributed by atoms with E-state index in [2.05, 4.69) is 91.8 Å². The van der Waals surface area contributed by atoms with Crippen molar-refractivity contribution in [1.29, 1.82) is 0 Å². The number of alkyl carbamates (subject to hydrolysis) is 2. The first-order valence-corrected chi connectivity index (χ1v) is 30.7. The lowest BCUT2D eigenvalue weighted by Gasteiger charge is -2.21. The van der Waals surface area contributed by atoms with Crippen molar-refractivity contribution in [3.8, 4) is 22.9 Å². The van der Waals surface area contributed by atoms with E-state index in [-0.39, 0.29) is 35.5 Å². The van der Waals surface area contributed by atoms with Crippen molar-refractivity contribution >= 4 is 48.5 Å². The Hall–Kier alpha value is -5.73. The molecule has 2 saturated heterocycles. The summed E-state index contributed by atoms with van der Waals surface area (Å²) in [6.07, 6.45) is 8.84. The topological polar surface area (TPSA) is 210 Å². The van der Waals surface area contributed by atoms with Gasteiger partial charge in [0.1, 0.15) is 58.4 Å². The van der Waals surface area contributed by atoms with Crippen molar-refractivity contribution in [1.82, 2.24) is 51.0 Å². The molecule has 6 heterocycles. The molecule has 4 N–H and O–H groups in total. The maximum atomic E-state index is 11.3. The van der Waals surface area contributed by atoms with Crippen LogP contribution in [0.1, 0.15) is 116 Å². The molecule has 4 fully saturated rings. The highest BCUT2D eigenvalue weighted by molar-refractivity contribution is 6.76. The largest absolute Gasteiger partial charge is 0.488 e. The predicted molar refractivity (Wildman–Crippen MR) is 300 cm³/mol. The molecule has 0 spiro atoms. The van der Waals surface area contributed by atoms with Gasteiger partial charge in [-0.3, -0.25) is 4.99 Å². The van der Waals surface area contributed by atoms with Gasteiger partial charge in [-0.05, 0) is 162 Å². The summed E-state index contributed by atoms with van der Waals surface area (Å²) >= 11 is 6.14. The molecule has 5 aromatic rings. The number of amides is 2. The Kier molecular flexibility index (Phi) is 18.9. The summed E-state index contributed by atoms with van der Waals surface area (Å²) in [6.45, 7) is 29.9. The highest BCUT2D eigenvalue weighted by Crippen LogP contribution is 2.42. The van der Waals surface area contributed by atoms with E-state index >= 15 is 0 Å². The predicted octanol–water partition coefficient (Wildman–Crippen LogP) is 10.2. The SMILES string of the molecule is CC(C)(C)OC(=O)N[C@@H]1CCNC1.CC(C)(C)OC(=O)N[C@H]1CCNC1.CC1(Oc2ccc3nn(COCC[Si](C)(C)C)c(-c4cc(Cl)ncn4)c3c2)CC1.Cc1cc(C2=NCc3ccc(OC4(C)CC4)cc32)ncn1. The lowest BCUT2D eigenvalue weighted by molar-refractivity contribution is 0.0496. The van der Waals surface area contributed by atoms with Crippen molar-refractivity contribution in [2.24, 2.45) is 4.99 Å². The Morgan fingerprint density at radius 1 is 0.763 bits per heavy atom. The Morgan fingerprint density at radius 2 is 1.33 bits per heavy atom. The molecule has 5 aliphatic rings. The van der Waals surface area contributed by atoms with Crippen LogP contribution in [-0.2, 0) is 27.5 Å². The standard InChI is InChI=1S/C21H27ClN4O2Si.C17H17N3O.2C9H18N2O2/c1-21(7-8-21)28-15-5-6-17-16(11-15)20(18-12-19(22)24-13-23-18)26(25-17)14-27-9-10-29(2,3)4;1-11-7-15(20-10-19-11)16-14-8-13(21-17(2)5-6-17)4-3-12(14)9-18-16;2*1-9(2,3)13-8(12)11-7-4-5-10-6-7/h5-6,11-13H,7-10,14H2,1-4H3;3-4,7-8,10H,5-6,9H2,1-2H3;2*7,10H,4-6H2,1-3H3,(H,11,12)/t;;2*7-/m..10/s1. The Balaban J connectivity index is 0.000000157. The second-order valence-electron chi connectivity index (χ2n) is 23.9. The molecule has 3 aliphatic heterocycles. The lowest BCUT2D eigenvalue weighted by atomic mass is 10.0. The average molecular weight is 1080 g/mol. The fraction of sp³-hybridized carbons (Fsp3) is 0.571. The van der Waals surface area contributed by atoms with Gasteiger partial charge in [-0.15, -0.1) is 0 Å². The van der Waals surface area contributed by atoms with Crippen molar-refractivity contribution in [3.05, 3.63) is 88.9 Å². The number of aryl methyl sites for hydroxylation is 1. The van der Waals surface area contributed by atoms with Gasteiger partial charge in [0.2, 0.25) is 0 Å². The normalized spacial score (nSPS) is 18.8. The van der Waals surface area contributed by atoms with E-state index in [9.17, 15) is 9.59 Å². The van der Waals surface area contributed by atoms with Gasteiger partial charge in [0, 0.05) is 62.6 Å². The first-order chi connectivity index (χ1) is 35.8. The summed E-state index contributed by atoms with van der Waals surface area (Å²) in [7, 11) is -1.15. The molecule has 20 heteroatoms. The average Bonchev–Trinajstić information content (AvgIpc) is 3.80. The van der Waals surface area contributed by atoms with Crippen LogP contribution in [0.5, 0.6) is 11.5 Å². The van der Waals surface area contributed by atoms with Crippen LogP contribution in [0.25, 0.3) is 22.3 Å². The van der Waals surface area contributed by atoms with Gasteiger partial charge in [-0.2, -0.15) is 5.10 Å². The highest BCUT2D eigenvalue weighted by Gasteiger charge is 2.41. The van der Waals surface area contributed by atoms with Crippen LogP contribution in [0.15, 0.2) is 66.2 Å². The number of nitrogens with zero attached hydrogens (tertiary/aromatic N) is 7. The molecule has 2 aliphatic carbocycles. The Labute approximate surface area is 454 Å². The van der Waals surface area contributed by atoms with E-state index in [1.165, 1.54) is 11.9 Å².